The summed E-state index contributed by atoms with van der Waals surface area (Å²) in [5.74, 6) is -0.0771. The van der Waals surface area contributed by atoms with Crippen molar-refractivity contribution in [2.75, 3.05) is 27.4 Å². The molecule has 1 heterocycles. The van der Waals surface area contributed by atoms with E-state index in [0.29, 0.717) is 16.8 Å². The van der Waals surface area contributed by atoms with E-state index < -0.39 is 29.8 Å². The average Bonchev–Trinajstić information content (AvgIpc) is 2.81. The van der Waals surface area contributed by atoms with E-state index in [1.807, 2.05) is 0 Å². The number of urea groups is 1. The highest BCUT2D eigenvalue weighted by Crippen LogP contribution is 2.35. The van der Waals surface area contributed by atoms with Crippen LogP contribution in [0.25, 0.3) is 0 Å². The van der Waals surface area contributed by atoms with Crippen molar-refractivity contribution < 1.29 is 41.7 Å². The number of alkyl halides is 3. The van der Waals surface area contributed by atoms with Crippen LogP contribution in [0, 0.1) is 0 Å². The van der Waals surface area contributed by atoms with Crippen molar-refractivity contribution in [3.63, 3.8) is 0 Å². The maximum absolute atomic E-state index is 13.0. The lowest BCUT2D eigenvalue weighted by Crippen LogP contribution is -2.45. The molecule has 0 aliphatic carbocycles. The summed E-state index contributed by atoms with van der Waals surface area (Å²) in [6.07, 6.45) is -4.46. The molecule has 0 aromatic heterocycles. The summed E-state index contributed by atoms with van der Waals surface area (Å²) in [5.41, 5.74) is 0.623. The van der Waals surface area contributed by atoms with Crippen molar-refractivity contribution in [1.82, 2.24) is 10.6 Å². The molecule has 8 nitrogen and oxygen atoms in total. The third-order valence-electron chi connectivity index (χ3n) is 5.18. The fourth-order valence-corrected chi connectivity index (χ4v) is 3.49. The molecular formula is C24H25F3N2O6. The van der Waals surface area contributed by atoms with Gasteiger partial charge in [0.15, 0.2) is 11.5 Å². The summed E-state index contributed by atoms with van der Waals surface area (Å²) >= 11 is 0. The number of hydrogen-bond acceptors (Lipinski definition) is 6. The smallest absolute Gasteiger partial charge is 0.416 e. The zero-order valence-corrected chi connectivity index (χ0v) is 19.3. The second-order valence-corrected chi connectivity index (χ2v) is 7.60. The first-order chi connectivity index (χ1) is 16.6. The van der Waals surface area contributed by atoms with Gasteiger partial charge in [-0.2, -0.15) is 13.2 Å². The Morgan fingerprint density at radius 1 is 1.06 bits per heavy atom. The van der Waals surface area contributed by atoms with Gasteiger partial charge < -0.3 is 29.6 Å². The highest BCUT2D eigenvalue weighted by molar-refractivity contribution is 5.95. The molecule has 0 saturated carbocycles. The highest BCUT2D eigenvalue weighted by atomic mass is 19.4. The molecule has 0 bridgehead atoms. The van der Waals surface area contributed by atoms with Crippen LogP contribution in [-0.4, -0.2) is 39.4 Å². The van der Waals surface area contributed by atoms with Gasteiger partial charge in [0.25, 0.3) is 0 Å². The molecular weight excluding hydrogens is 469 g/mol. The monoisotopic (exact) mass is 494 g/mol. The predicted molar refractivity (Wildman–Crippen MR) is 119 cm³/mol. The van der Waals surface area contributed by atoms with Gasteiger partial charge in [0, 0.05) is 12.8 Å². The summed E-state index contributed by atoms with van der Waals surface area (Å²) in [4.78, 5) is 24.8. The molecule has 1 atom stereocenters. The quantitative estimate of drug-likeness (QED) is 0.403. The van der Waals surface area contributed by atoms with Gasteiger partial charge in [-0.25, -0.2) is 9.59 Å². The minimum absolute atomic E-state index is 0.0401. The Kier molecular flexibility index (Phi) is 8.23. The van der Waals surface area contributed by atoms with Crippen molar-refractivity contribution >= 4 is 12.0 Å². The summed E-state index contributed by atoms with van der Waals surface area (Å²) in [6.45, 7) is 1.72. The van der Waals surface area contributed by atoms with E-state index in [9.17, 15) is 22.8 Å². The molecule has 2 aromatic carbocycles. The molecule has 0 saturated heterocycles. The number of hydrogen-bond donors (Lipinski definition) is 2. The van der Waals surface area contributed by atoms with Gasteiger partial charge in [-0.3, -0.25) is 0 Å². The Labute approximate surface area is 200 Å². The SMILES string of the molecule is COCCOC(=O)C1=C(C)NC(=O)N[C@@H]1c1ccc(OCc2cccc(C(F)(F)F)c2)c(OC)c1. The Morgan fingerprint density at radius 2 is 1.83 bits per heavy atom. The number of esters is 1. The molecule has 1 aliphatic heterocycles. The van der Waals surface area contributed by atoms with Crippen molar-refractivity contribution in [3.8, 4) is 11.5 Å². The van der Waals surface area contributed by atoms with Crippen molar-refractivity contribution in [3.05, 3.63) is 70.4 Å². The molecule has 1 aliphatic rings. The first-order valence-corrected chi connectivity index (χ1v) is 10.5. The van der Waals surface area contributed by atoms with Crippen LogP contribution in [-0.2, 0) is 27.1 Å². The Bertz CT molecular complexity index is 1120. The number of methoxy groups -OCH3 is 2. The van der Waals surface area contributed by atoms with Gasteiger partial charge >= 0.3 is 18.2 Å². The van der Waals surface area contributed by atoms with Crippen LogP contribution in [0.5, 0.6) is 11.5 Å². The number of halogens is 3. The third-order valence-corrected chi connectivity index (χ3v) is 5.18. The molecule has 188 valence electrons. The second-order valence-electron chi connectivity index (χ2n) is 7.60. The first kappa shape index (κ1) is 25.9. The standard InChI is InChI=1S/C24H25F3N2O6/c1-14-20(22(30)34-10-9-32-2)21(29-23(31)28-14)16-7-8-18(19(12-16)33-3)35-13-15-5-4-6-17(11-15)24(25,26)27/h4-8,11-12,21H,9-10,13H2,1-3H3,(H2,28,29,31)/t21-/m1/s1. The third kappa shape index (κ3) is 6.44. The summed E-state index contributed by atoms with van der Waals surface area (Å²) in [6, 6.07) is 8.26. The van der Waals surface area contributed by atoms with Crippen LogP contribution in [0.1, 0.15) is 29.7 Å². The second kappa shape index (κ2) is 11.1. The maximum atomic E-state index is 13.0. The fourth-order valence-electron chi connectivity index (χ4n) is 3.49. The lowest BCUT2D eigenvalue weighted by molar-refractivity contribution is -0.141. The normalized spacial score (nSPS) is 15.8. The minimum Gasteiger partial charge on any atom is -0.493 e. The lowest BCUT2D eigenvalue weighted by atomic mass is 9.95. The molecule has 0 fully saturated rings. The Morgan fingerprint density at radius 3 is 2.51 bits per heavy atom. The van der Waals surface area contributed by atoms with Crippen LogP contribution in [0.15, 0.2) is 53.7 Å². The number of ether oxygens (including phenoxy) is 4. The predicted octanol–water partition coefficient (Wildman–Crippen LogP) is 4.11. The highest BCUT2D eigenvalue weighted by Gasteiger charge is 2.33. The first-order valence-electron chi connectivity index (χ1n) is 10.5. The number of allylic oxidation sites excluding steroid dienone is 1. The van der Waals surface area contributed by atoms with Gasteiger partial charge in [-0.1, -0.05) is 18.2 Å². The van der Waals surface area contributed by atoms with Gasteiger partial charge in [-0.15, -0.1) is 0 Å². The fraction of sp³-hybridized carbons (Fsp3) is 0.333. The minimum atomic E-state index is -4.46. The topological polar surface area (TPSA) is 95.1 Å². The number of benzene rings is 2. The zero-order chi connectivity index (χ0) is 25.6. The number of carbonyl (C=O) groups excluding carboxylic acids is 2. The van der Waals surface area contributed by atoms with Gasteiger partial charge in [-0.05, 0) is 42.3 Å². The number of carbonyl (C=O) groups is 2. The van der Waals surface area contributed by atoms with Gasteiger partial charge in [0.05, 0.1) is 30.9 Å². The van der Waals surface area contributed by atoms with Crippen LogP contribution >= 0.6 is 0 Å². The Hall–Kier alpha value is -3.73. The summed E-state index contributed by atoms with van der Waals surface area (Å²) in [5, 5.41) is 5.25. The molecule has 0 radical (unpaired) electrons. The zero-order valence-electron chi connectivity index (χ0n) is 19.3. The largest absolute Gasteiger partial charge is 0.493 e. The number of amides is 2. The van der Waals surface area contributed by atoms with Crippen molar-refractivity contribution in [2.45, 2.75) is 25.7 Å². The number of nitrogens with one attached hydrogen (secondary N) is 2. The summed E-state index contributed by atoms with van der Waals surface area (Å²) < 4.78 is 60.1. The molecule has 3 rings (SSSR count). The van der Waals surface area contributed by atoms with E-state index in [0.717, 1.165) is 12.1 Å². The van der Waals surface area contributed by atoms with E-state index in [1.165, 1.54) is 26.4 Å². The molecule has 0 spiro atoms. The van der Waals surface area contributed by atoms with Crippen LogP contribution in [0.4, 0.5) is 18.0 Å². The van der Waals surface area contributed by atoms with Crippen LogP contribution < -0.4 is 20.1 Å². The van der Waals surface area contributed by atoms with Crippen molar-refractivity contribution in [1.29, 1.82) is 0 Å². The van der Waals surface area contributed by atoms with Gasteiger partial charge in [0.2, 0.25) is 0 Å². The van der Waals surface area contributed by atoms with E-state index in [-0.39, 0.29) is 36.9 Å². The molecule has 0 unspecified atom stereocenters. The maximum Gasteiger partial charge on any atom is 0.416 e. The molecule has 2 amide bonds. The summed E-state index contributed by atoms with van der Waals surface area (Å²) in [7, 11) is 2.88. The van der Waals surface area contributed by atoms with Gasteiger partial charge in [0.1, 0.15) is 13.2 Å². The number of rotatable bonds is 9. The van der Waals surface area contributed by atoms with E-state index in [4.69, 9.17) is 18.9 Å². The van der Waals surface area contributed by atoms with Crippen LogP contribution in [0.2, 0.25) is 0 Å². The van der Waals surface area contributed by atoms with Crippen LogP contribution in [0.3, 0.4) is 0 Å². The van der Waals surface area contributed by atoms with Crippen molar-refractivity contribution in [2.24, 2.45) is 0 Å². The average molecular weight is 494 g/mol. The Balaban J connectivity index is 1.83. The molecule has 2 aromatic rings. The van der Waals surface area contributed by atoms with E-state index in [2.05, 4.69) is 10.6 Å². The molecule has 35 heavy (non-hydrogen) atoms. The lowest BCUT2D eigenvalue weighted by Gasteiger charge is -2.28. The molecule has 11 heteroatoms. The van der Waals surface area contributed by atoms with E-state index >= 15 is 0 Å². The van der Waals surface area contributed by atoms with E-state index in [1.54, 1.807) is 25.1 Å². The molecule has 2 N–H and O–H groups in total.